The van der Waals surface area contributed by atoms with E-state index in [0.717, 1.165) is 29.9 Å². The maximum atomic E-state index is 5.74. The number of benzene rings is 1. The lowest BCUT2D eigenvalue weighted by atomic mass is 10.1. The van der Waals surface area contributed by atoms with Crippen LogP contribution in [0.2, 0.25) is 0 Å². The van der Waals surface area contributed by atoms with Crippen molar-refractivity contribution in [2.24, 2.45) is 10.7 Å². The van der Waals surface area contributed by atoms with Crippen molar-refractivity contribution in [3.63, 3.8) is 0 Å². The van der Waals surface area contributed by atoms with Crippen molar-refractivity contribution in [3.8, 4) is 5.75 Å². The Bertz CT molecular complexity index is 466. The van der Waals surface area contributed by atoms with E-state index >= 15 is 0 Å². The van der Waals surface area contributed by atoms with Gasteiger partial charge in [0.05, 0.1) is 13.7 Å². The van der Waals surface area contributed by atoms with Crippen LogP contribution in [0.1, 0.15) is 18.1 Å². The molecule has 104 valence electrons. The zero-order valence-electron chi connectivity index (χ0n) is 12.0. The minimum Gasteiger partial charge on any atom is -0.496 e. The van der Waals surface area contributed by atoms with Gasteiger partial charge < -0.3 is 15.8 Å². The second-order valence-corrected chi connectivity index (χ2v) is 4.64. The first-order valence-corrected chi connectivity index (χ1v) is 6.34. The standard InChI is InChI=1S/C15H23N3O/c1-11(2)10-18-15(16)17-8-7-13-6-5-12(3)14(9-13)19-4/h5-6,9H,1,7-8,10H2,2-4H3,(H3,16,17,18). The number of nitrogens with one attached hydrogen (secondary N) is 1. The summed E-state index contributed by atoms with van der Waals surface area (Å²) in [5.41, 5.74) is 9.08. The van der Waals surface area contributed by atoms with E-state index in [4.69, 9.17) is 10.5 Å². The second-order valence-electron chi connectivity index (χ2n) is 4.64. The topological polar surface area (TPSA) is 59.6 Å². The number of hydrogen-bond acceptors (Lipinski definition) is 2. The van der Waals surface area contributed by atoms with E-state index in [0.29, 0.717) is 12.5 Å². The van der Waals surface area contributed by atoms with Gasteiger partial charge in [-0.2, -0.15) is 0 Å². The molecule has 0 aliphatic rings. The zero-order valence-corrected chi connectivity index (χ0v) is 12.0. The van der Waals surface area contributed by atoms with E-state index in [-0.39, 0.29) is 0 Å². The van der Waals surface area contributed by atoms with Gasteiger partial charge >= 0.3 is 0 Å². The highest BCUT2D eigenvalue weighted by Gasteiger charge is 2.00. The van der Waals surface area contributed by atoms with Crippen LogP contribution < -0.4 is 15.8 Å². The van der Waals surface area contributed by atoms with Gasteiger partial charge in [-0.05, 0) is 37.5 Å². The maximum absolute atomic E-state index is 5.74. The highest BCUT2D eigenvalue weighted by Crippen LogP contribution is 2.18. The molecule has 4 nitrogen and oxygen atoms in total. The molecule has 0 amide bonds. The summed E-state index contributed by atoms with van der Waals surface area (Å²) in [4.78, 5) is 4.16. The first-order chi connectivity index (χ1) is 9.02. The molecule has 0 heterocycles. The van der Waals surface area contributed by atoms with Crippen molar-refractivity contribution in [1.82, 2.24) is 5.32 Å². The summed E-state index contributed by atoms with van der Waals surface area (Å²) in [5.74, 6) is 1.38. The van der Waals surface area contributed by atoms with Gasteiger partial charge in [0.2, 0.25) is 0 Å². The predicted octanol–water partition coefficient (Wildman–Crippen LogP) is 2.03. The summed E-state index contributed by atoms with van der Waals surface area (Å²) in [5, 5.41) is 3.08. The monoisotopic (exact) mass is 261 g/mol. The van der Waals surface area contributed by atoms with Gasteiger partial charge in [0.25, 0.3) is 0 Å². The van der Waals surface area contributed by atoms with Crippen LogP contribution in [-0.4, -0.2) is 26.2 Å². The number of aliphatic imine (C=N–C) groups is 1. The summed E-state index contributed by atoms with van der Waals surface area (Å²) in [6.07, 6.45) is 0.875. The van der Waals surface area contributed by atoms with Crippen LogP contribution in [0.15, 0.2) is 35.3 Å². The highest BCUT2D eigenvalue weighted by atomic mass is 16.5. The SMILES string of the molecule is C=C(C)CN=C(N)NCCc1ccc(C)c(OC)c1. The smallest absolute Gasteiger partial charge is 0.188 e. The van der Waals surface area contributed by atoms with Crippen LogP contribution in [0, 0.1) is 6.92 Å². The van der Waals surface area contributed by atoms with Crippen molar-refractivity contribution in [3.05, 3.63) is 41.5 Å². The maximum Gasteiger partial charge on any atom is 0.188 e. The number of rotatable bonds is 6. The molecule has 0 saturated heterocycles. The molecule has 1 aromatic carbocycles. The van der Waals surface area contributed by atoms with Crippen LogP contribution in [0.4, 0.5) is 0 Å². The molecule has 4 heteroatoms. The van der Waals surface area contributed by atoms with Gasteiger partial charge in [-0.25, -0.2) is 4.99 Å². The summed E-state index contributed by atoms with van der Waals surface area (Å²) < 4.78 is 5.30. The van der Waals surface area contributed by atoms with Gasteiger partial charge in [0, 0.05) is 6.54 Å². The fourth-order valence-electron chi connectivity index (χ4n) is 1.63. The minimum absolute atomic E-state index is 0.460. The third kappa shape index (κ3) is 5.46. The van der Waals surface area contributed by atoms with E-state index < -0.39 is 0 Å². The van der Waals surface area contributed by atoms with Gasteiger partial charge in [-0.15, -0.1) is 0 Å². The summed E-state index contributed by atoms with van der Waals surface area (Å²) in [6.45, 7) is 9.05. The Balaban J connectivity index is 2.45. The number of ether oxygens (including phenoxy) is 1. The molecule has 0 fully saturated rings. The molecule has 0 spiro atoms. The van der Waals surface area contributed by atoms with Crippen LogP contribution in [0.3, 0.4) is 0 Å². The third-order valence-corrected chi connectivity index (χ3v) is 2.71. The van der Waals surface area contributed by atoms with Gasteiger partial charge in [-0.1, -0.05) is 24.3 Å². The molecule has 0 aliphatic heterocycles. The summed E-state index contributed by atoms with van der Waals surface area (Å²) in [7, 11) is 1.69. The number of hydrogen-bond donors (Lipinski definition) is 2. The summed E-state index contributed by atoms with van der Waals surface area (Å²) >= 11 is 0. The molecule has 1 aromatic rings. The van der Waals surface area contributed by atoms with Crippen molar-refractivity contribution in [2.75, 3.05) is 20.2 Å². The number of nitrogens with zero attached hydrogens (tertiary/aromatic N) is 1. The zero-order chi connectivity index (χ0) is 14.3. The Hall–Kier alpha value is -1.97. The Morgan fingerprint density at radius 2 is 2.21 bits per heavy atom. The molecule has 19 heavy (non-hydrogen) atoms. The van der Waals surface area contributed by atoms with E-state index in [1.807, 2.05) is 13.8 Å². The average molecular weight is 261 g/mol. The van der Waals surface area contributed by atoms with Crippen LogP contribution in [0.25, 0.3) is 0 Å². The molecule has 0 unspecified atom stereocenters. The van der Waals surface area contributed by atoms with Gasteiger partial charge in [0.1, 0.15) is 5.75 Å². The first-order valence-electron chi connectivity index (χ1n) is 6.34. The second kappa shape index (κ2) is 7.46. The predicted molar refractivity (Wildman–Crippen MR) is 80.7 cm³/mol. The number of methoxy groups -OCH3 is 1. The fourth-order valence-corrected chi connectivity index (χ4v) is 1.63. The molecule has 0 aliphatic carbocycles. The molecule has 3 N–H and O–H groups in total. The summed E-state index contributed by atoms with van der Waals surface area (Å²) in [6, 6.07) is 6.21. The Labute approximate surface area is 115 Å². The largest absolute Gasteiger partial charge is 0.496 e. The van der Waals surface area contributed by atoms with E-state index in [1.54, 1.807) is 7.11 Å². The van der Waals surface area contributed by atoms with E-state index in [2.05, 4.69) is 35.1 Å². The molecule has 0 atom stereocenters. The third-order valence-electron chi connectivity index (χ3n) is 2.71. The quantitative estimate of drug-likeness (QED) is 0.468. The molecular formula is C15H23N3O. The first kappa shape index (κ1) is 15.1. The number of nitrogens with two attached hydrogens (primary N) is 1. The van der Waals surface area contributed by atoms with Gasteiger partial charge in [0.15, 0.2) is 5.96 Å². The lowest BCUT2D eigenvalue weighted by Crippen LogP contribution is -2.33. The number of aryl methyl sites for hydroxylation is 1. The Morgan fingerprint density at radius 3 is 2.84 bits per heavy atom. The Kier molecular flexibility index (Phi) is 5.93. The van der Waals surface area contributed by atoms with Crippen LogP contribution in [0.5, 0.6) is 5.75 Å². The normalized spacial score (nSPS) is 11.2. The van der Waals surface area contributed by atoms with Crippen molar-refractivity contribution < 1.29 is 4.74 Å². The van der Waals surface area contributed by atoms with Crippen LogP contribution in [-0.2, 0) is 6.42 Å². The van der Waals surface area contributed by atoms with Crippen molar-refractivity contribution >= 4 is 5.96 Å². The van der Waals surface area contributed by atoms with Crippen molar-refractivity contribution in [2.45, 2.75) is 20.3 Å². The number of guanidine groups is 1. The fraction of sp³-hybridized carbons (Fsp3) is 0.400. The lowest BCUT2D eigenvalue weighted by Gasteiger charge is -2.09. The molecule has 1 rings (SSSR count). The highest BCUT2D eigenvalue weighted by molar-refractivity contribution is 5.77. The molecular weight excluding hydrogens is 238 g/mol. The average Bonchev–Trinajstić information content (AvgIpc) is 2.38. The molecule has 0 saturated carbocycles. The molecule has 0 aromatic heterocycles. The molecule has 0 bridgehead atoms. The Morgan fingerprint density at radius 1 is 1.47 bits per heavy atom. The van der Waals surface area contributed by atoms with E-state index in [9.17, 15) is 0 Å². The van der Waals surface area contributed by atoms with Gasteiger partial charge in [-0.3, -0.25) is 0 Å². The molecule has 0 radical (unpaired) electrons. The lowest BCUT2D eigenvalue weighted by molar-refractivity contribution is 0.411. The minimum atomic E-state index is 0.460. The van der Waals surface area contributed by atoms with Crippen molar-refractivity contribution in [1.29, 1.82) is 0 Å². The van der Waals surface area contributed by atoms with Crippen LogP contribution >= 0.6 is 0 Å². The van der Waals surface area contributed by atoms with E-state index in [1.165, 1.54) is 5.56 Å².